The lowest BCUT2D eigenvalue weighted by atomic mass is 9.93. The van der Waals surface area contributed by atoms with Crippen molar-refractivity contribution in [1.29, 1.82) is 0 Å². The predicted molar refractivity (Wildman–Crippen MR) is 101 cm³/mol. The van der Waals surface area contributed by atoms with Crippen LogP contribution < -0.4 is 5.32 Å². The molecule has 0 spiro atoms. The fraction of sp³-hybridized carbons (Fsp3) is 0.650. The van der Waals surface area contributed by atoms with E-state index in [9.17, 15) is 14.4 Å². The molecule has 148 valence electrons. The maximum absolute atomic E-state index is 12.9. The van der Waals surface area contributed by atoms with Crippen molar-refractivity contribution in [3.63, 3.8) is 0 Å². The van der Waals surface area contributed by atoms with E-state index in [1.54, 1.807) is 0 Å². The van der Waals surface area contributed by atoms with Crippen LogP contribution in [0, 0.1) is 13.8 Å². The number of urea groups is 1. The Balaban J connectivity index is 1.77. The topological polar surface area (TPSA) is 80.6 Å². The Kier molecular flexibility index (Phi) is 5.42. The summed E-state index contributed by atoms with van der Waals surface area (Å²) in [4.78, 5) is 39.0. The molecule has 2 aliphatic rings. The van der Waals surface area contributed by atoms with Gasteiger partial charge in [0.2, 0.25) is 0 Å². The van der Waals surface area contributed by atoms with E-state index in [0.29, 0.717) is 18.4 Å². The molecule has 7 heteroatoms. The summed E-state index contributed by atoms with van der Waals surface area (Å²) in [7, 11) is 0. The summed E-state index contributed by atoms with van der Waals surface area (Å²) < 4.78 is 7.80. The Morgan fingerprint density at radius 3 is 2.56 bits per heavy atom. The molecular formula is C20H29N3O4. The van der Waals surface area contributed by atoms with Gasteiger partial charge in [-0.3, -0.25) is 14.5 Å². The number of carbonyl (C=O) groups excluding carboxylic acids is 3. The van der Waals surface area contributed by atoms with E-state index >= 15 is 0 Å². The zero-order valence-corrected chi connectivity index (χ0v) is 16.6. The molecule has 1 aromatic rings. The summed E-state index contributed by atoms with van der Waals surface area (Å²) in [5, 5.41) is 2.77. The summed E-state index contributed by atoms with van der Waals surface area (Å²) in [5.74, 6) is -0.521. The zero-order valence-electron chi connectivity index (χ0n) is 16.6. The largest absolute Gasteiger partial charge is 0.376 e. The molecule has 2 fully saturated rings. The van der Waals surface area contributed by atoms with E-state index in [1.807, 2.05) is 33.8 Å². The first-order chi connectivity index (χ1) is 12.8. The smallest absolute Gasteiger partial charge is 0.325 e. The summed E-state index contributed by atoms with van der Waals surface area (Å²) in [6.07, 6.45) is 3.29. The number of carbonyl (C=O) groups is 3. The SMILES string of the molecule is CCC1(CC)NC(=O)N(CC(=O)c2cc(C)n(CC3CCCO3)c2C)C1=O. The highest BCUT2D eigenvalue weighted by Crippen LogP contribution is 2.26. The minimum Gasteiger partial charge on any atom is -0.376 e. The van der Waals surface area contributed by atoms with Crippen LogP contribution in [0.3, 0.4) is 0 Å². The van der Waals surface area contributed by atoms with Crippen molar-refractivity contribution in [2.24, 2.45) is 0 Å². The van der Waals surface area contributed by atoms with Crippen molar-refractivity contribution in [2.45, 2.75) is 71.6 Å². The third kappa shape index (κ3) is 3.40. The van der Waals surface area contributed by atoms with Crippen LogP contribution in [0.4, 0.5) is 4.79 Å². The normalized spacial score (nSPS) is 21.8. The lowest BCUT2D eigenvalue weighted by molar-refractivity contribution is -0.131. The predicted octanol–water partition coefficient (Wildman–Crippen LogP) is 2.58. The second kappa shape index (κ2) is 7.46. The van der Waals surface area contributed by atoms with Crippen LogP contribution in [-0.2, 0) is 16.1 Å². The fourth-order valence-corrected chi connectivity index (χ4v) is 4.13. The minimum absolute atomic E-state index is 0.179. The van der Waals surface area contributed by atoms with Crippen LogP contribution in [0.25, 0.3) is 0 Å². The average molecular weight is 375 g/mol. The lowest BCUT2D eigenvalue weighted by Gasteiger charge is -2.23. The van der Waals surface area contributed by atoms with Crippen molar-refractivity contribution in [2.75, 3.05) is 13.2 Å². The summed E-state index contributed by atoms with van der Waals surface area (Å²) in [5.41, 5.74) is 1.53. The number of aryl methyl sites for hydroxylation is 1. The molecule has 3 amide bonds. The van der Waals surface area contributed by atoms with Gasteiger partial charge in [-0.1, -0.05) is 13.8 Å². The molecule has 0 aromatic carbocycles. The number of rotatable bonds is 7. The average Bonchev–Trinajstić information content (AvgIpc) is 3.32. The fourth-order valence-electron chi connectivity index (χ4n) is 4.13. The van der Waals surface area contributed by atoms with Gasteiger partial charge >= 0.3 is 6.03 Å². The number of imide groups is 1. The molecule has 0 bridgehead atoms. The van der Waals surface area contributed by atoms with Gasteiger partial charge in [-0.15, -0.1) is 0 Å². The molecule has 27 heavy (non-hydrogen) atoms. The van der Waals surface area contributed by atoms with Gasteiger partial charge in [0.1, 0.15) is 5.54 Å². The first-order valence-corrected chi connectivity index (χ1v) is 9.78. The quantitative estimate of drug-likeness (QED) is 0.587. The van der Waals surface area contributed by atoms with Crippen LogP contribution >= 0.6 is 0 Å². The maximum Gasteiger partial charge on any atom is 0.325 e. The Morgan fingerprint density at radius 2 is 2.00 bits per heavy atom. The number of ether oxygens (including phenoxy) is 1. The van der Waals surface area contributed by atoms with Gasteiger partial charge in [0.25, 0.3) is 5.91 Å². The first kappa shape index (κ1) is 19.6. The molecule has 0 saturated carbocycles. The minimum atomic E-state index is -0.881. The van der Waals surface area contributed by atoms with Gasteiger partial charge in [0, 0.05) is 30.1 Å². The third-order valence-electron chi connectivity index (χ3n) is 6.04. The van der Waals surface area contributed by atoms with E-state index < -0.39 is 11.6 Å². The number of hydrogen-bond donors (Lipinski definition) is 1. The molecule has 1 unspecified atom stereocenters. The molecule has 7 nitrogen and oxygen atoms in total. The van der Waals surface area contributed by atoms with Gasteiger partial charge < -0.3 is 14.6 Å². The number of nitrogens with zero attached hydrogens (tertiary/aromatic N) is 2. The van der Waals surface area contributed by atoms with Crippen molar-refractivity contribution in [1.82, 2.24) is 14.8 Å². The molecule has 1 N–H and O–H groups in total. The number of amides is 3. The molecule has 2 saturated heterocycles. The molecular weight excluding hydrogens is 346 g/mol. The van der Waals surface area contributed by atoms with E-state index in [1.165, 1.54) is 0 Å². The number of Topliss-reactive ketones (excluding diaryl/α,β-unsaturated/α-hetero) is 1. The standard InChI is InChI=1S/C20H29N3O4/c1-5-20(6-2)18(25)23(19(26)21-20)12-17(24)16-10-13(3)22(14(16)4)11-15-8-7-9-27-15/h10,15H,5-9,11-12H2,1-4H3,(H,21,26). The number of aromatic nitrogens is 1. The second-order valence-corrected chi connectivity index (χ2v) is 7.56. The summed E-state index contributed by atoms with van der Waals surface area (Å²) in [6.45, 7) is 8.89. The monoisotopic (exact) mass is 375 g/mol. The van der Waals surface area contributed by atoms with Crippen LogP contribution in [0.15, 0.2) is 6.07 Å². The molecule has 0 radical (unpaired) electrons. The molecule has 1 atom stereocenters. The second-order valence-electron chi connectivity index (χ2n) is 7.56. The highest BCUT2D eigenvalue weighted by molar-refractivity contribution is 6.11. The van der Waals surface area contributed by atoms with E-state index in [-0.39, 0.29) is 24.3 Å². The number of nitrogens with one attached hydrogen (secondary N) is 1. The number of hydrogen-bond acceptors (Lipinski definition) is 4. The molecule has 3 heterocycles. The van der Waals surface area contributed by atoms with Crippen molar-refractivity contribution in [3.05, 3.63) is 23.0 Å². The van der Waals surface area contributed by atoms with Crippen molar-refractivity contribution < 1.29 is 19.1 Å². The van der Waals surface area contributed by atoms with E-state index in [2.05, 4.69) is 9.88 Å². The Bertz CT molecular complexity index is 758. The molecule has 3 rings (SSSR count). The van der Waals surface area contributed by atoms with Crippen LogP contribution in [0.5, 0.6) is 0 Å². The first-order valence-electron chi connectivity index (χ1n) is 9.78. The third-order valence-corrected chi connectivity index (χ3v) is 6.04. The molecule has 1 aromatic heterocycles. The van der Waals surface area contributed by atoms with Gasteiger partial charge in [-0.2, -0.15) is 0 Å². The molecule has 0 aliphatic carbocycles. The van der Waals surface area contributed by atoms with Gasteiger partial charge in [0.05, 0.1) is 12.6 Å². The van der Waals surface area contributed by atoms with Gasteiger partial charge in [0.15, 0.2) is 5.78 Å². The Labute approximate surface area is 160 Å². The Hall–Kier alpha value is -2.15. The van der Waals surface area contributed by atoms with E-state index in [0.717, 1.165) is 42.3 Å². The highest BCUT2D eigenvalue weighted by atomic mass is 16.5. The lowest BCUT2D eigenvalue weighted by Crippen LogP contribution is -2.46. The van der Waals surface area contributed by atoms with E-state index in [4.69, 9.17) is 4.74 Å². The van der Waals surface area contributed by atoms with Gasteiger partial charge in [-0.25, -0.2) is 4.79 Å². The summed E-state index contributed by atoms with van der Waals surface area (Å²) >= 11 is 0. The molecule has 2 aliphatic heterocycles. The number of ketones is 1. The highest BCUT2D eigenvalue weighted by Gasteiger charge is 2.49. The maximum atomic E-state index is 12.9. The zero-order chi connectivity index (χ0) is 19.8. The summed E-state index contributed by atoms with van der Waals surface area (Å²) in [6, 6.07) is 1.36. The van der Waals surface area contributed by atoms with Crippen molar-refractivity contribution >= 4 is 17.7 Å². The van der Waals surface area contributed by atoms with Crippen LogP contribution in [0.2, 0.25) is 0 Å². The van der Waals surface area contributed by atoms with Crippen LogP contribution in [-0.4, -0.2) is 52.0 Å². The van der Waals surface area contributed by atoms with Crippen LogP contribution in [0.1, 0.15) is 61.3 Å². The van der Waals surface area contributed by atoms with Crippen molar-refractivity contribution in [3.8, 4) is 0 Å². The Morgan fingerprint density at radius 1 is 1.30 bits per heavy atom. The van der Waals surface area contributed by atoms with Gasteiger partial charge in [-0.05, 0) is 45.6 Å².